The van der Waals surface area contributed by atoms with E-state index in [4.69, 9.17) is 5.73 Å². The molecule has 2 rings (SSSR count). The number of aliphatic hydroxyl groups excluding tert-OH is 1. The predicted molar refractivity (Wildman–Crippen MR) is 66.5 cm³/mol. The van der Waals surface area contributed by atoms with E-state index in [1.807, 2.05) is 0 Å². The van der Waals surface area contributed by atoms with Crippen LogP contribution in [0.5, 0.6) is 0 Å². The monoisotopic (exact) mass is 273 g/mol. The molecule has 0 radical (unpaired) electrons. The van der Waals surface area contributed by atoms with E-state index >= 15 is 0 Å². The number of hydrogen-bond donors (Lipinski definition) is 2. The average Bonchev–Trinajstić information content (AvgIpc) is 2.32. The van der Waals surface area contributed by atoms with Crippen LogP contribution in [0.3, 0.4) is 0 Å². The fraction of sp³-hybridized carbons (Fsp3) is 0.571. The minimum absolute atomic E-state index is 0.341. The molecule has 1 aromatic carbocycles. The van der Waals surface area contributed by atoms with Crippen LogP contribution < -0.4 is 5.73 Å². The van der Waals surface area contributed by atoms with E-state index in [1.165, 1.54) is 6.07 Å². The Morgan fingerprint density at radius 2 is 1.84 bits per heavy atom. The van der Waals surface area contributed by atoms with Gasteiger partial charge in [0.2, 0.25) is 0 Å². The lowest BCUT2D eigenvalue weighted by molar-refractivity contribution is -0.137. The molecule has 1 aliphatic rings. The Bertz CT molecular complexity index is 462. The maximum Gasteiger partial charge on any atom is 0.416 e. The van der Waals surface area contributed by atoms with E-state index in [0.717, 1.165) is 17.7 Å². The number of nitrogens with two attached hydrogens (primary N) is 1. The molecule has 2 nitrogen and oxygen atoms in total. The summed E-state index contributed by atoms with van der Waals surface area (Å²) >= 11 is 0. The lowest BCUT2D eigenvalue weighted by Crippen LogP contribution is -2.42. The van der Waals surface area contributed by atoms with Crippen molar-refractivity contribution < 1.29 is 18.3 Å². The summed E-state index contributed by atoms with van der Waals surface area (Å²) in [5.41, 5.74) is 6.37. The van der Waals surface area contributed by atoms with Gasteiger partial charge in [0.25, 0.3) is 0 Å². The molecule has 1 saturated carbocycles. The molecule has 19 heavy (non-hydrogen) atoms. The van der Waals surface area contributed by atoms with Crippen molar-refractivity contribution in [2.75, 3.05) is 0 Å². The topological polar surface area (TPSA) is 46.2 Å². The van der Waals surface area contributed by atoms with Gasteiger partial charge in [0.05, 0.1) is 11.7 Å². The smallest absolute Gasteiger partial charge is 0.393 e. The van der Waals surface area contributed by atoms with Crippen molar-refractivity contribution in [1.29, 1.82) is 0 Å². The molecule has 106 valence electrons. The summed E-state index contributed by atoms with van der Waals surface area (Å²) in [5.74, 6) is 0. The molecule has 1 aromatic rings. The van der Waals surface area contributed by atoms with E-state index in [1.54, 1.807) is 6.92 Å². The van der Waals surface area contributed by atoms with Crippen LogP contribution in [0.2, 0.25) is 0 Å². The first-order valence-electron chi connectivity index (χ1n) is 6.38. The van der Waals surface area contributed by atoms with Gasteiger partial charge in [-0.1, -0.05) is 6.07 Å². The van der Waals surface area contributed by atoms with E-state index in [2.05, 4.69) is 0 Å². The van der Waals surface area contributed by atoms with Gasteiger partial charge in [0, 0.05) is 5.54 Å². The average molecular weight is 273 g/mol. The van der Waals surface area contributed by atoms with Gasteiger partial charge in [0.1, 0.15) is 0 Å². The maximum atomic E-state index is 12.6. The van der Waals surface area contributed by atoms with Gasteiger partial charge in [0.15, 0.2) is 0 Å². The second kappa shape index (κ2) is 4.80. The highest BCUT2D eigenvalue weighted by molar-refractivity contribution is 5.37. The minimum atomic E-state index is -4.33. The van der Waals surface area contributed by atoms with Crippen LogP contribution >= 0.6 is 0 Å². The van der Waals surface area contributed by atoms with Gasteiger partial charge in [-0.2, -0.15) is 13.2 Å². The van der Waals surface area contributed by atoms with Gasteiger partial charge in [-0.3, -0.25) is 0 Å². The molecule has 0 spiro atoms. The summed E-state index contributed by atoms with van der Waals surface area (Å²) in [5, 5.41) is 9.50. The largest absolute Gasteiger partial charge is 0.416 e. The zero-order valence-corrected chi connectivity index (χ0v) is 10.8. The van der Waals surface area contributed by atoms with Gasteiger partial charge < -0.3 is 10.8 Å². The summed E-state index contributed by atoms with van der Waals surface area (Å²) in [4.78, 5) is 0. The van der Waals surface area contributed by atoms with Crippen molar-refractivity contribution >= 4 is 0 Å². The first-order chi connectivity index (χ1) is 8.72. The van der Waals surface area contributed by atoms with Gasteiger partial charge in [-0.05, 0) is 55.9 Å². The number of aryl methyl sites for hydroxylation is 1. The Morgan fingerprint density at radius 3 is 2.32 bits per heavy atom. The first kappa shape index (κ1) is 14.3. The molecule has 1 fully saturated rings. The van der Waals surface area contributed by atoms with Crippen LogP contribution in [0.15, 0.2) is 18.2 Å². The second-order valence-electron chi connectivity index (χ2n) is 5.41. The van der Waals surface area contributed by atoms with E-state index in [9.17, 15) is 18.3 Å². The third kappa shape index (κ3) is 2.92. The summed E-state index contributed by atoms with van der Waals surface area (Å²) in [6.07, 6.45) is -2.28. The molecular formula is C14H18F3NO. The highest BCUT2D eigenvalue weighted by atomic mass is 19.4. The summed E-state index contributed by atoms with van der Waals surface area (Å²) in [6.45, 7) is 1.66. The Labute approximate surface area is 110 Å². The molecule has 1 aliphatic carbocycles. The summed E-state index contributed by atoms with van der Waals surface area (Å²) in [6, 6.07) is 3.72. The molecular weight excluding hydrogens is 255 g/mol. The molecule has 0 amide bonds. The predicted octanol–water partition coefficient (Wildman–Crippen LogP) is 3.10. The van der Waals surface area contributed by atoms with E-state index in [-0.39, 0.29) is 6.10 Å². The Hall–Kier alpha value is -1.07. The molecule has 0 atom stereocenters. The van der Waals surface area contributed by atoms with Crippen LogP contribution in [0, 0.1) is 6.92 Å². The van der Waals surface area contributed by atoms with E-state index in [0.29, 0.717) is 31.2 Å². The van der Waals surface area contributed by atoms with Crippen LogP contribution in [0.1, 0.15) is 42.4 Å². The Kier molecular flexibility index (Phi) is 3.62. The van der Waals surface area contributed by atoms with Crippen LogP contribution in [0.4, 0.5) is 13.2 Å². The van der Waals surface area contributed by atoms with E-state index < -0.39 is 17.3 Å². The normalized spacial score (nSPS) is 28.4. The highest BCUT2D eigenvalue weighted by Crippen LogP contribution is 2.38. The number of halogens is 3. The van der Waals surface area contributed by atoms with Gasteiger partial charge in [-0.25, -0.2) is 0 Å². The van der Waals surface area contributed by atoms with Crippen molar-refractivity contribution in [3.8, 4) is 0 Å². The van der Waals surface area contributed by atoms with Gasteiger partial charge in [-0.15, -0.1) is 0 Å². The third-order valence-electron chi connectivity index (χ3n) is 3.94. The molecule has 3 N–H and O–H groups in total. The lowest BCUT2D eigenvalue weighted by atomic mass is 9.75. The Morgan fingerprint density at radius 1 is 1.26 bits per heavy atom. The maximum absolute atomic E-state index is 12.6. The standard InChI is InChI=1S/C14H18F3NO/c1-9-8-10(14(15,16)17)2-3-12(9)13(18)6-4-11(19)5-7-13/h2-3,8,11,19H,4-7,18H2,1H3. The molecule has 5 heteroatoms. The third-order valence-corrected chi connectivity index (χ3v) is 3.94. The van der Waals surface area contributed by atoms with Crippen molar-refractivity contribution in [2.45, 2.75) is 50.4 Å². The zero-order valence-electron chi connectivity index (χ0n) is 10.8. The molecule has 0 aromatic heterocycles. The molecule has 0 heterocycles. The van der Waals surface area contributed by atoms with Crippen molar-refractivity contribution in [3.05, 3.63) is 34.9 Å². The fourth-order valence-corrected chi connectivity index (χ4v) is 2.79. The van der Waals surface area contributed by atoms with Crippen molar-refractivity contribution in [1.82, 2.24) is 0 Å². The molecule has 0 aliphatic heterocycles. The number of aliphatic hydroxyl groups is 1. The number of rotatable bonds is 1. The SMILES string of the molecule is Cc1cc(C(F)(F)F)ccc1C1(N)CCC(O)CC1. The zero-order chi connectivity index (χ0) is 14.3. The molecule has 0 unspecified atom stereocenters. The number of hydrogen-bond acceptors (Lipinski definition) is 2. The minimum Gasteiger partial charge on any atom is -0.393 e. The van der Waals surface area contributed by atoms with Crippen molar-refractivity contribution in [3.63, 3.8) is 0 Å². The summed E-state index contributed by atoms with van der Waals surface area (Å²) in [7, 11) is 0. The summed E-state index contributed by atoms with van der Waals surface area (Å²) < 4.78 is 37.9. The molecule has 0 bridgehead atoms. The van der Waals surface area contributed by atoms with Crippen molar-refractivity contribution in [2.24, 2.45) is 5.73 Å². The fourth-order valence-electron chi connectivity index (χ4n) is 2.79. The first-order valence-corrected chi connectivity index (χ1v) is 6.38. The number of benzene rings is 1. The molecule has 0 saturated heterocycles. The quantitative estimate of drug-likeness (QED) is 0.826. The number of alkyl halides is 3. The Balaban J connectivity index is 2.31. The van der Waals surface area contributed by atoms with Gasteiger partial charge >= 0.3 is 6.18 Å². The van der Waals surface area contributed by atoms with Crippen LogP contribution in [0.25, 0.3) is 0 Å². The second-order valence-corrected chi connectivity index (χ2v) is 5.41. The van der Waals surface area contributed by atoms with Crippen LogP contribution in [-0.2, 0) is 11.7 Å². The van der Waals surface area contributed by atoms with Crippen LogP contribution in [-0.4, -0.2) is 11.2 Å². The lowest BCUT2D eigenvalue weighted by Gasteiger charge is -2.37. The highest BCUT2D eigenvalue weighted by Gasteiger charge is 2.36.